The highest BCUT2D eigenvalue weighted by molar-refractivity contribution is 5.96. The molecule has 1 aromatic heterocycles. The van der Waals surface area contributed by atoms with Crippen LogP contribution >= 0.6 is 0 Å². The zero-order chi connectivity index (χ0) is 23.5. The molecule has 0 radical (unpaired) electrons. The summed E-state index contributed by atoms with van der Waals surface area (Å²) in [4.78, 5) is 29.5. The third-order valence-corrected chi connectivity index (χ3v) is 6.08. The second kappa shape index (κ2) is 9.56. The number of carbonyl (C=O) groups excluding carboxylic acids is 2. The molecular formula is C25H27N5O4. The summed E-state index contributed by atoms with van der Waals surface area (Å²) in [5.41, 5.74) is 2.42. The number of carbonyl (C=O) groups is 2. The Morgan fingerprint density at radius 3 is 2.50 bits per heavy atom. The number of rotatable bonds is 6. The van der Waals surface area contributed by atoms with Gasteiger partial charge in [-0.15, -0.1) is 0 Å². The molecule has 2 amide bonds. The lowest BCUT2D eigenvalue weighted by atomic mass is 10.1. The minimum Gasteiger partial charge on any atom is -0.454 e. The van der Waals surface area contributed by atoms with Gasteiger partial charge in [0.05, 0.1) is 6.42 Å². The van der Waals surface area contributed by atoms with Crippen molar-refractivity contribution in [3.8, 4) is 11.5 Å². The number of aromatic nitrogens is 2. The van der Waals surface area contributed by atoms with E-state index in [1.54, 1.807) is 13.1 Å². The molecule has 0 bridgehead atoms. The second-order valence-electron chi connectivity index (χ2n) is 8.50. The SMILES string of the molecule is Cn1nc(C(=O)N2CCN(Cc3ccc4c(c3)OCO4)CC2)cc1NC(=O)Cc1ccccc1. The number of hydrogen-bond acceptors (Lipinski definition) is 6. The maximum absolute atomic E-state index is 13.0. The molecule has 2 aliphatic heterocycles. The van der Waals surface area contributed by atoms with Crippen LogP contribution < -0.4 is 14.8 Å². The number of anilines is 1. The standard InChI is InChI=1S/C25H27N5O4/c1-28-23(26-24(31)14-18-5-3-2-4-6-18)15-20(27-28)25(32)30-11-9-29(10-12-30)16-19-7-8-21-22(13-19)34-17-33-21/h2-8,13,15H,9-12,14,16-17H2,1H3,(H,26,31). The summed E-state index contributed by atoms with van der Waals surface area (Å²) in [5, 5.41) is 7.19. The Labute approximate surface area is 197 Å². The summed E-state index contributed by atoms with van der Waals surface area (Å²) in [6.07, 6.45) is 0.265. The van der Waals surface area contributed by atoms with Crippen LogP contribution in [0.5, 0.6) is 11.5 Å². The van der Waals surface area contributed by atoms with Crippen LogP contribution in [-0.2, 0) is 24.8 Å². The molecule has 0 unspecified atom stereocenters. The summed E-state index contributed by atoms with van der Waals surface area (Å²) >= 11 is 0. The highest BCUT2D eigenvalue weighted by Gasteiger charge is 2.25. The lowest BCUT2D eigenvalue weighted by Crippen LogP contribution is -2.48. The summed E-state index contributed by atoms with van der Waals surface area (Å²) in [6.45, 7) is 3.85. The molecule has 3 heterocycles. The Hall–Kier alpha value is -3.85. The van der Waals surface area contributed by atoms with Crippen LogP contribution in [0.3, 0.4) is 0 Å². The Morgan fingerprint density at radius 1 is 0.941 bits per heavy atom. The van der Waals surface area contributed by atoms with Gasteiger partial charge >= 0.3 is 0 Å². The number of nitrogens with one attached hydrogen (secondary N) is 1. The predicted molar refractivity (Wildman–Crippen MR) is 126 cm³/mol. The number of amides is 2. The van der Waals surface area contributed by atoms with E-state index in [0.29, 0.717) is 24.6 Å². The van der Waals surface area contributed by atoms with Crippen molar-refractivity contribution in [2.45, 2.75) is 13.0 Å². The van der Waals surface area contributed by atoms with Gasteiger partial charge in [-0.1, -0.05) is 36.4 Å². The maximum Gasteiger partial charge on any atom is 0.274 e. The summed E-state index contributed by atoms with van der Waals surface area (Å²) in [6, 6.07) is 17.2. The number of hydrogen-bond donors (Lipinski definition) is 1. The van der Waals surface area contributed by atoms with Crippen molar-refractivity contribution in [2.24, 2.45) is 7.05 Å². The molecule has 9 nitrogen and oxygen atoms in total. The largest absolute Gasteiger partial charge is 0.454 e. The first-order chi connectivity index (χ1) is 16.5. The molecule has 5 rings (SSSR count). The van der Waals surface area contributed by atoms with Crippen LogP contribution in [0.2, 0.25) is 0 Å². The third-order valence-electron chi connectivity index (χ3n) is 6.08. The molecule has 0 saturated carbocycles. The highest BCUT2D eigenvalue weighted by atomic mass is 16.7. The van der Waals surface area contributed by atoms with E-state index in [0.717, 1.165) is 42.3 Å². The monoisotopic (exact) mass is 461 g/mol. The van der Waals surface area contributed by atoms with E-state index < -0.39 is 0 Å². The van der Waals surface area contributed by atoms with Crippen LogP contribution in [0.15, 0.2) is 54.6 Å². The van der Waals surface area contributed by atoms with E-state index in [1.165, 1.54) is 4.68 Å². The minimum atomic E-state index is -0.148. The Bertz CT molecular complexity index is 1190. The normalized spacial score (nSPS) is 15.4. The Morgan fingerprint density at radius 2 is 1.71 bits per heavy atom. The third kappa shape index (κ3) is 4.89. The van der Waals surface area contributed by atoms with Gasteiger partial charge in [0.1, 0.15) is 5.82 Å². The van der Waals surface area contributed by atoms with Gasteiger partial charge in [-0.25, -0.2) is 0 Å². The van der Waals surface area contributed by atoms with E-state index in [4.69, 9.17) is 9.47 Å². The Balaban J connectivity index is 1.14. The number of piperazine rings is 1. The quantitative estimate of drug-likeness (QED) is 0.606. The fourth-order valence-electron chi connectivity index (χ4n) is 4.23. The van der Waals surface area contributed by atoms with Crippen molar-refractivity contribution in [3.05, 3.63) is 71.4 Å². The lowest BCUT2D eigenvalue weighted by Gasteiger charge is -2.34. The molecule has 3 aromatic rings. The number of nitrogens with zero attached hydrogens (tertiary/aromatic N) is 4. The van der Waals surface area contributed by atoms with Crippen molar-refractivity contribution in [3.63, 3.8) is 0 Å². The molecule has 1 N–H and O–H groups in total. The van der Waals surface area contributed by atoms with E-state index in [1.807, 2.05) is 53.4 Å². The van der Waals surface area contributed by atoms with Crippen LogP contribution in [0, 0.1) is 0 Å². The first-order valence-corrected chi connectivity index (χ1v) is 11.3. The molecule has 0 aliphatic carbocycles. The summed E-state index contributed by atoms with van der Waals surface area (Å²) in [5.74, 6) is 1.80. The number of benzene rings is 2. The van der Waals surface area contributed by atoms with E-state index in [2.05, 4.69) is 15.3 Å². The zero-order valence-electron chi connectivity index (χ0n) is 19.1. The van der Waals surface area contributed by atoms with Gasteiger partial charge in [0.25, 0.3) is 5.91 Å². The average Bonchev–Trinajstić information content (AvgIpc) is 3.46. The predicted octanol–water partition coefficient (Wildman–Crippen LogP) is 2.29. The maximum atomic E-state index is 13.0. The van der Waals surface area contributed by atoms with Gasteiger partial charge in [0.15, 0.2) is 17.2 Å². The molecule has 34 heavy (non-hydrogen) atoms. The molecule has 0 spiro atoms. The van der Waals surface area contributed by atoms with Gasteiger partial charge in [-0.3, -0.25) is 19.2 Å². The van der Waals surface area contributed by atoms with Crippen LogP contribution in [0.1, 0.15) is 21.6 Å². The highest BCUT2D eigenvalue weighted by Crippen LogP contribution is 2.32. The molecule has 1 saturated heterocycles. The van der Waals surface area contributed by atoms with Gasteiger partial charge in [0, 0.05) is 45.8 Å². The zero-order valence-corrected chi connectivity index (χ0v) is 19.1. The average molecular weight is 462 g/mol. The number of ether oxygens (including phenoxy) is 2. The molecule has 2 aromatic carbocycles. The molecule has 1 fully saturated rings. The summed E-state index contributed by atoms with van der Waals surface area (Å²) in [7, 11) is 1.72. The number of fused-ring (bicyclic) bond motifs is 1. The second-order valence-corrected chi connectivity index (χ2v) is 8.50. The van der Waals surface area contributed by atoms with Crippen molar-refractivity contribution in [1.82, 2.24) is 19.6 Å². The van der Waals surface area contributed by atoms with Crippen LogP contribution in [-0.4, -0.2) is 64.4 Å². The minimum absolute atomic E-state index is 0.123. The van der Waals surface area contributed by atoms with Crippen molar-refractivity contribution in [2.75, 3.05) is 38.3 Å². The molecule has 9 heteroatoms. The van der Waals surface area contributed by atoms with Gasteiger partial charge < -0.3 is 19.7 Å². The fourth-order valence-corrected chi connectivity index (χ4v) is 4.23. The van der Waals surface area contributed by atoms with Gasteiger partial charge in [-0.2, -0.15) is 5.10 Å². The summed E-state index contributed by atoms with van der Waals surface area (Å²) < 4.78 is 12.4. The van der Waals surface area contributed by atoms with E-state index in [9.17, 15) is 9.59 Å². The molecule has 176 valence electrons. The van der Waals surface area contributed by atoms with Crippen molar-refractivity contribution >= 4 is 17.6 Å². The topological polar surface area (TPSA) is 88.9 Å². The van der Waals surface area contributed by atoms with Gasteiger partial charge in [-0.05, 0) is 23.3 Å². The first-order valence-electron chi connectivity index (χ1n) is 11.3. The lowest BCUT2D eigenvalue weighted by molar-refractivity contribution is -0.115. The van der Waals surface area contributed by atoms with Crippen LogP contribution in [0.25, 0.3) is 0 Å². The first kappa shape index (κ1) is 22.0. The van der Waals surface area contributed by atoms with E-state index in [-0.39, 0.29) is 25.0 Å². The fraction of sp³-hybridized carbons (Fsp3) is 0.320. The van der Waals surface area contributed by atoms with Gasteiger partial charge in [0.2, 0.25) is 12.7 Å². The van der Waals surface area contributed by atoms with Crippen molar-refractivity contribution in [1.29, 1.82) is 0 Å². The molecule has 0 atom stereocenters. The van der Waals surface area contributed by atoms with Crippen molar-refractivity contribution < 1.29 is 19.1 Å². The number of aryl methyl sites for hydroxylation is 1. The van der Waals surface area contributed by atoms with E-state index >= 15 is 0 Å². The Kier molecular flexibility index (Phi) is 6.18. The van der Waals surface area contributed by atoms with Crippen LogP contribution in [0.4, 0.5) is 5.82 Å². The molecule has 2 aliphatic rings. The smallest absolute Gasteiger partial charge is 0.274 e. The molecular weight excluding hydrogens is 434 g/mol.